The predicted molar refractivity (Wildman–Crippen MR) is 133 cm³/mol. The Balaban J connectivity index is 1.49. The average molecular weight is 444 g/mol. The summed E-state index contributed by atoms with van der Waals surface area (Å²) in [6, 6.07) is 11.1. The Kier molecular flexibility index (Phi) is 5.79. The van der Waals surface area contributed by atoms with Gasteiger partial charge in [0, 0.05) is 28.6 Å². The summed E-state index contributed by atoms with van der Waals surface area (Å²) in [6.45, 7) is 11.2. The Labute approximate surface area is 195 Å². The molecule has 1 N–H and O–H groups in total. The minimum Gasteiger partial charge on any atom is -0.354 e. The van der Waals surface area contributed by atoms with E-state index in [1.807, 2.05) is 17.4 Å². The van der Waals surface area contributed by atoms with Crippen molar-refractivity contribution in [3.63, 3.8) is 0 Å². The van der Waals surface area contributed by atoms with E-state index in [4.69, 9.17) is 0 Å². The van der Waals surface area contributed by atoms with Crippen LogP contribution < -0.4 is 0 Å². The van der Waals surface area contributed by atoms with Crippen LogP contribution in [0, 0.1) is 6.92 Å². The van der Waals surface area contributed by atoms with Gasteiger partial charge in [-0.25, -0.2) is 0 Å². The van der Waals surface area contributed by atoms with E-state index in [2.05, 4.69) is 65.1 Å². The third kappa shape index (κ3) is 3.97. The number of Topliss-reactive ketones (excluding diaryl/α,β-unsaturated/α-hetero) is 1. The van der Waals surface area contributed by atoms with Crippen LogP contribution in [0.1, 0.15) is 68.7 Å². The maximum Gasteiger partial charge on any atom is 0.160 e. The van der Waals surface area contributed by atoms with E-state index in [0.717, 1.165) is 37.3 Å². The van der Waals surface area contributed by atoms with Crippen LogP contribution in [0.5, 0.6) is 0 Å². The number of H-pyrrole nitrogens is 1. The minimum atomic E-state index is 0.344. The molecule has 0 amide bonds. The number of piperidine rings is 1. The number of carbonyl (C=O) groups excluding carboxylic acids is 1. The lowest BCUT2D eigenvalue weighted by atomic mass is 9.87. The van der Waals surface area contributed by atoms with Crippen LogP contribution in [0.15, 0.2) is 36.7 Å². The van der Waals surface area contributed by atoms with Gasteiger partial charge in [-0.2, -0.15) is 0 Å². The third-order valence-corrected chi connectivity index (χ3v) is 7.29. The lowest BCUT2D eigenvalue weighted by molar-refractivity contribution is -0.120. The monoisotopic (exact) mass is 443 g/mol. The number of benzene rings is 1. The van der Waals surface area contributed by atoms with Crippen LogP contribution >= 0.6 is 0 Å². The molecule has 0 atom stereocenters. The molecule has 0 radical (unpaired) electrons. The quantitative estimate of drug-likeness (QED) is 0.429. The molecule has 1 saturated heterocycles. The van der Waals surface area contributed by atoms with Crippen LogP contribution in [0.3, 0.4) is 0 Å². The van der Waals surface area contributed by atoms with Gasteiger partial charge in [0.2, 0.25) is 0 Å². The number of hydrogen-bond donors (Lipinski definition) is 1. The fourth-order valence-corrected chi connectivity index (χ4v) is 5.37. The highest BCUT2D eigenvalue weighted by Crippen LogP contribution is 2.39. The highest BCUT2D eigenvalue weighted by molar-refractivity contribution is 5.92. The molecule has 6 nitrogen and oxygen atoms in total. The summed E-state index contributed by atoms with van der Waals surface area (Å²) in [5.74, 6) is 1.29. The van der Waals surface area contributed by atoms with Gasteiger partial charge in [0.1, 0.15) is 12.1 Å². The van der Waals surface area contributed by atoms with Gasteiger partial charge in [0.25, 0.3) is 0 Å². The molecule has 0 aliphatic carbocycles. The second-order valence-electron chi connectivity index (χ2n) is 9.71. The standard InChI is InChI=1S/C27H33N5O/c1-5-21(33)15-31-12-10-19(11-13-31)20-6-8-24-23(14-20)26(17(2)3)27(29-24)22-7-9-25-30-28-16-32(25)18(22)4/h6-9,14,16-17,19,29H,5,10-13,15H2,1-4H3. The lowest BCUT2D eigenvalue weighted by Crippen LogP contribution is -2.36. The molecule has 1 fully saturated rings. The molecule has 4 aromatic rings. The topological polar surface area (TPSA) is 66.3 Å². The molecular weight excluding hydrogens is 410 g/mol. The summed E-state index contributed by atoms with van der Waals surface area (Å²) >= 11 is 0. The third-order valence-electron chi connectivity index (χ3n) is 7.29. The van der Waals surface area contributed by atoms with Crippen LogP contribution in [0.25, 0.3) is 27.8 Å². The molecule has 5 rings (SSSR count). The van der Waals surface area contributed by atoms with Gasteiger partial charge < -0.3 is 4.98 Å². The van der Waals surface area contributed by atoms with Crippen molar-refractivity contribution in [3.05, 3.63) is 53.5 Å². The summed E-state index contributed by atoms with van der Waals surface area (Å²) in [6.07, 6.45) is 4.64. The number of rotatable bonds is 6. The SMILES string of the molecule is CCC(=O)CN1CCC(c2ccc3[nH]c(-c4ccc5nncn5c4C)c(C(C)C)c3c2)CC1. The van der Waals surface area contributed by atoms with E-state index in [-0.39, 0.29) is 0 Å². The maximum absolute atomic E-state index is 11.8. The fourth-order valence-electron chi connectivity index (χ4n) is 5.37. The molecule has 1 aliphatic rings. The number of ketones is 1. The first-order chi connectivity index (χ1) is 16.0. The zero-order chi connectivity index (χ0) is 23.1. The summed E-state index contributed by atoms with van der Waals surface area (Å²) < 4.78 is 2.05. The highest BCUT2D eigenvalue weighted by Gasteiger charge is 2.24. The van der Waals surface area contributed by atoms with Gasteiger partial charge >= 0.3 is 0 Å². The Morgan fingerprint density at radius 1 is 1.18 bits per heavy atom. The molecule has 172 valence electrons. The second-order valence-corrected chi connectivity index (χ2v) is 9.71. The Morgan fingerprint density at radius 2 is 1.97 bits per heavy atom. The van der Waals surface area contributed by atoms with E-state index in [1.54, 1.807) is 6.33 Å². The Hall–Kier alpha value is -2.99. The largest absolute Gasteiger partial charge is 0.354 e. The summed E-state index contributed by atoms with van der Waals surface area (Å²) in [7, 11) is 0. The molecule has 0 spiro atoms. The van der Waals surface area contributed by atoms with Gasteiger partial charge in [-0.3, -0.25) is 14.1 Å². The maximum atomic E-state index is 11.8. The molecule has 0 bridgehead atoms. The van der Waals surface area contributed by atoms with Gasteiger partial charge in [-0.1, -0.05) is 26.8 Å². The minimum absolute atomic E-state index is 0.344. The molecule has 6 heteroatoms. The normalized spacial score (nSPS) is 15.8. The van der Waals surface area contributed by atoms with Crippen LogP contribution in [-0.2, 0) is 4.79 Å². The fraction of sp³-hybridized carbons (Fsp3) is 0.444. The van der Waals surface area contributed by atoms with Crippen LogP contribution in [-0.4, -0.2) is 49.9 Å². The highest BCUT2D eigenvalue weighted by atomic mass is 16.1. The van der Waals surface area contributed by atoms with Crippen molar-refractivity contribution in [1.82, 2.24) is 24.5 Å². The molecule has 4 heterocycles. The van der Waals surface area contributed by atoms with Crippen molar-refractivity contribution < 1.29 is 4.79 Å². The number of nitrogens with zero attached hydrogens (tertiary/aromatic N) is 4. The van der Waals surface area contributed by atoms with Crippen molar-refractivity contribution in [2.24, 2.45) is 0 Å². The van der Waals surface area contributed by atoms with Crippen molar-refractivity contribution in [1.29, 1.82) is 0 Å². The van der Waals surface area contributed by atoms with E-state index < -0.39 is 0 Å². The number of pyridine rings is 1. The predicted octanol–water partition coefficient (Wildman–Crippen LogP) is 5.47. The second kappa shape index (κ2) is 8.75. The average Bonchev–Trinajstić information content (AvgIpc) is 3.44. The molecule has 0 unspecified atom stereocenters. The molecule has 0 saturated carbocycles. The van der Waals surface area contributed by atoms with E-state index in [0.29, 0.717) is 30.6 Å². The van der Waals surface area contributed by atoms with E-state index in [1.165, 1.54) is 33.3 Å². The summed E-state index contributed by atoms with van der Waals surface area (Å²) in [4.78, 5) is 17.9. The molecule has 1 aromatic carbocycles. The Morgan fingerprint density at radius 3 is 2.70 bits per heavy atom. The summed E-state index contributed by atoms with van der Waals surface area (Å²) in [5.41, 5.74) is 8.37. The first-order valence-electron chi connectivity index (χ1n) is 12.2. The number of aromatic amines is 1. The van der Waals surface area contributed by atoms with E-state index >= 15 is 0 Å². The number of aromatic nitrogens is 4. The van der Waals surface area contributed by atoms with Crippen LogP contribution in [0.4, 0.5) is 0 Å². The molecule has 3 aromatic heterocycles. The lowest BCUT2D eigenvalue weighted by Gasteiger charge is -2.31. The smallest absolute Gasteiger partial charge is 0.160 e. The zero-order valence-electron chi connectivity index (χ0n) is 20.1. The first kappa shape index (κ1) is 21.8. The number of carbonyl (C=O) groups is 1. The first-order valence-corrected chi connectivity index (χ1v) is 12.2. The van der Waals surface area contributed by atoms with Gasteiger partial charge in [-0.05, 0) is 80.1 Å². The van der Waals surface area contributed by atoms with Gasteiger partial charge in [-0.15, -0.1) is 10.2 Å². The number of likely N-dealkylation sites (tertiary alicyclic amines) is 1. The van der Waals surface area contributed by atoms with Crippen LogP contribution in [0.2, 0.25) is 0 Å². The van der Waals surface area contributed by atoms with Crippen molar-refractivity contribution in [3.8, 4) is 11.3 Å². The molecular formula is C27H33N5O. The van der Waals surface area contributed by atoms with Gasteiger partial charge in [0.15, 0.2) is 5.65 Å². The molecule has 33 heavy (non-hydrogen) atoms. The van der Waals surface area contributed by atoms with Crippen molar-refractivity contribution >= 4 is 22.3 Å². The number of aryl methyl sites for hydroxylation is 1. The number of nitrogens with one attached hydrogen (secondary N) is 1. The molecule has 1 aliphatic heterocycles. The van der Waals surface area contributed by atoms with Crippen molar-refractivity contribution in [2.75, 3.05) is 19.6 Å². The van der Waals surface area contributed by atoms with Crippen molar-refractivity contribution in [2.45, 2.75) is 58.8 Å². The Bertz CT molecular complexity index is 1310. The zero-order valence-corrected chi connectivity index (χ0v) is 20.1. The van der Waals surface area contributed by atoms with Gasteiger partial charge in [0.05, 0.1) is 12.2 Å². The van der Waals surface area contributed by atoms with E-state index in [9.17, 15) is 4.79 Å². The number of fused-ring (bicyclic) bond motifs is 2. The number of hydrogen-bond acceptors (Lipinski definition) is 4. The summed E-state index contributed by atoms with van der Waals surface area (Å²) in [5, 5.41) is 9.58.